The number of aliphatic imine (C=N–C) groups is 1. The molecule has 0 spiro atoms. The Kier molecular flexibility index (Phi) is 8.32. The summed E-state index contributed by atoms with van der Waals surface area (Å²) in [5, 5.41) is 7.68. The van der Waals surface area contributed by atoms with Crippen molar-refractivity contribution in [3.8, 4) is 0 Å². The summed E-state index contributed by atoms with van der Waals surface area (Å²) in [6.07, 6.45) is 3.79. The first-order chi connectivity index (χ1) is 11.3. The molecule has 2 N–H and O–H groups in total. The van der Waals surface area contributed by atoms with E-state index >= 15 is 0 Å². The number of hydrogen-bond donors (Lipinski definition) is 2. The van der Waals surface area contributed by atoms with Crippen LogP contribution in [0.15, 0.2) is 35.3 Å². The standard InChI is InChI=1S/C18H29N3OS/c1-3-23-17-10-9-16(13-17)21-18(19-2)20-11-12-22-14-15-7-5-4-6-8-15/h4-8,16-17H,3,9-14H2,1-2H3,(H2,19,20,21). The lowest BCUT2D eigenvalue weighted by molar-refractivity contribution is 0.125. The second kappa shape index (κ2) is 10.6. The molecule has 1 aliphatic rings. The van der Waals surface area contributed by atoms with E-state index in [2.05, 4.69) is 46.4 Å². The highest BCUT2D eigenvalue weighted by Crippen LogP contribution is 2.29. The van der Waals surface area contributed by atoms with Gasteiger partial charge in [0.1, 0.15) is 0 Å². The molecule has 1 aromatic carbocycles. The molecule has 2 rings (SSSR count). The van der Waals surface area contributed by atoms with Crippen LogP contribution in [0.3, 0.4) is 0 Å². The first-order valence-corrected chi connectivity index (χ1v) is 9.57. The van der Waals surface area contributed by atoms with E-state index in [1.165, 1.54) is 30.6 Å². The van der Waals surface area contributed by atoms with Crippen LogP contribution in [0.25, 0.3) is 0 Å². The quantitative estimate of drug-likeness (QED) is 0.435. The van der Waals surface area contributed by atoms with Gasteiger partial charge in [-0.15, -0.1) is 0 Å². The molecule has 5 heteroatoms. The molecule has 1 fully saturated rings. The fourth-order valence-corrected chi connectivity index (χ4v) is 3.99. The van der Waals surface area contributed by atoms with Crippen LogP contribution >= 0.6 is 11.8 Å². The zero-order valence-electron chi connectivity index (χ0n) is 14.3. The van der Waals surface area contributed by atoms with E-state index < -0.39 is 0 Å². The minimum absolute atomic E-state index is 0.551. The van der Waals surface area contributed by atoms with Crippen molar-refractivity contribution in [2.24, 2.45) is 4.99 Å². The van der Waals surface area contributed by atoms with Gasteiger partial charge in [-0.25, -0.2) is 0 Å². The van der Waals surface area contributed by atoms with E-state index in [1.807, 2.05) is 25.2 Å². The highest BCUT2D eigenvalue weighted by atomic mass is 32.2. The van der Waals surface area contributed by atoms with Crippen LogP contribution in [0.2, 0.25) is 0 Å². The molecule has 128 valence electrons. The average Bonchev–Trinajstić information content (AvgIpc) is 3.02. The van der Waals surface area contributed by atoms with Crippen molar-refractivity contribution < 1.29 is 4.74 Å². The Hall–Kier alpha value is -1.20. The maximum absolute atomic E-state index is 5.68. The van der Waals surface area contributed by atoms with Crippen molar-refractivity contribution in [1.29, 1.82) is 0 Å². The van der Waals surface area contributed by atoms with Crippen molar-refractivity contribution in [3.05, 3.63) is 35.9 Å². The minimum atomic E-state index is 0.551. The van der Waals surface area contributed by atoms with Crippen molar-refractivity contribution in [2.45, 2.75) is 44.1 Å². The molecule has 2 unspecified atom stereocenters. The van der Waals surface area contributed by atoms with Crippen molar-refractivity contribution >= 4 is 17.7 Å². The summed E-state index contributed by atoms with van der Waals surface area (Å²) in [7, 11) is 1.83. The Labute approximate surface area is 144 Å². The summed E-state index contributed by atoms with van der Waals surface area (Å²) < 4.78 is 5.68. The number of hydrogen-bond acceptors (Lipinski definition) is 3. The predicted octanol–water partition coefficient (Wildman–Crippen LogP) is 3.04. The molecule has 2 atom stereocenters. The van der Waals surface area contributed by atoms with Gasteiger partial charge >= 0.3 is 0 Å². The Bertz CT molecular complexity index is 467. The third-order valence-electron chi connectivity index (χ3n) is 4.00. The lowest BCUT2D eigenvalue weighted by atomic mass is 10.2. The van der Waals surface area contributed by atoms with Gasteiger partial charge in [0, 0.05) is 24.9 Å². The van der Waals surface area contributed by atoms with Gasteiger partial charge in [-0.3, -0.25) is 4.99 Å². The molecule has 0 radical (unpaired) electrons. The summed E-state index contributed by atoms with van der Waals surface area (Å²) in [5.74, 6) is 2.10. The second-order valence-corrected chi connectivity index (χ2v) is 7.35. The van der Waals surface area contributed by atoms with E-state index in [0.29, 0.717) is 19.3 Å². The SMILES string of the molecule is CCSC1CCC(NC(=NC)NCCOCc2ccccc2)C1. The molecule has 0 amide bonds. The van der Waals surface area contributed by atoms with Crippen LogP contribution in [0.4, 0.5) is 0 Å². The molecule has 1 aromatic rings. The zero-order chi connectivity index (χ0) is 16.3. The highest BCUT2D eigenvalue weighted by molar-refractivity contribution is 7.99. The number of ether oxygens (including phenoxy) is 1. The minimum Gasteiger partial charge on any atom is -0.375 e. The lowest BCUT2D eigenvalue weighted by Crippen LogP contribution is -2.43. The topological polar surface area (TPSA) is 45.7 Å². The Morgan fingerprint density at radius 2 is 2.13 bits per heavy atom. The fraction of sp³-hybridized carbons (Fsp3) is 0.611. The van der Waals surface area contributed by atoms with Crippen LogP contribution in [-0.4, -0.2) is 43.2 Å². The Balaban J connectivity index is 1.58. The van der Waals surface area contributed by atoms with Crippen molar-refractivity contribution in [1.82, 2.24) is 10.6 Å². The van der Waals surface area contributed by atoms with Crippen LogP contribution in [0.5, 0.6) is 0 Å². The monoisotopic (exact) mass is 335 g/mol. The Morgan fingerprint density at radius 3 is 2.87 bits per heavy atom. The van der Waals surface area contributed by atoms with Gasteiger partial charge < -0.3 is 15.4 Å². The van der Waals surface area contributed by atoms with Gasteiger partial charge in [0.05, 0.1) is 13.2 Å². The number of benzene rings is 1. The molecule has 0 bridgehead atoms. The largest absolute Gasteiger partial charge is 0.375 e. The predicted molar refractivity (Wildman–Crippen MR) is 100 cm³/mol. The fourth-order valence-electron chi connectivity index (χ4n) is 2.85. The van der Waals surface area contributed by atoms with E-state index in [9.17, 15) is 0 Å². The van der Waals surface area contributed by atoms with E-state index in [4.69, 9.17) is 4.74 Å². The maximum atomic E-state index is 5.68. The Morgan fingerprint density at radius 1 is 1.30 bits per heavy atom. The smallest absolute Gasteiger partial charge is 0.191 e. The summed E-state index contributed by atoms with van der Waals surface area (Å²) in [6, 6.07) is 10.8. The van der Waals surface area contributed by atoms with E-state index in [0.717, 1.165) is 17.8 Å². The molecule has 1 saturated carbocycles. The third kappa shape index (κ3) is 6.83. The number of thioether (sulfide) groups is 1. The number of nitrogens with one attached hydrogen (secondary N) is 2. The molecular weight excluding hydrogens is 306 g/mol. The van der Waals surface area contributed by atoms with Crippen molar-refractivity contribution in [3.63, 3.8) is 0 Å². The second-order valence-electron chi connectivity index (χ2n) is 5.77. The third-order valence-corrected chi connectivity index (χ3v) is 5.23. The van der Waals surface area contributed by atoms with Crippen molar-refractivity contribution in [2.75, 3.05) is 26.0 Å². The summed E-state index contributed by atoms with van der Waals surface area (Å²) >= 11 is 2.08. The highest BCUT2D eigenvalue weighted by Gasteiger charge is 2.24. The van der Waals surface area contributed by atoms with Gasteiger partial charge in [-0.1, -0.05) is 37.3 Å². The summed E-state index contributed by atoms with van der Waals surface area (Å²) in [5.41, 5.74) is 1.21. The van der Waals surface area contributed by atoms with Crippen LogP contribution in [0, 0.1) is 0 Å². The first kappa shape index (κ1) is 18.1. The van der Waals surface area contributed by atoms with E-state index in [-0.39, 0.29) is 0 Å². The van der Waals surface area contributed by atoms with Crippen LogP contribution in [-0.2, 0) is 11.3 Å². The molecule has 0 heterocycles. The molecular formula is C18H29N3OS. The van der Waals surface area contributed by atoms with Gasteiger partial charge in [0.25, 0.3) is 0 Å². The van der Waals surface area contributed by atoms with Crippen LogP contribution < -0.4 is 10.6 Å². The zero-order valence-corrected chi connectivity index (χ0v) is 15.1. The maximum Gasteiger partial charge on any atom is 0.191 e. The normalized spacial score (nSPS) is 21.4. The molecule has 1 aliphatic carbocycles. The molecule has 23 heavy (non-hydrogen) atoms. The van der Waals surface area contributed by atoms with E-state index in [1.54, 1.807) is 0 Å². The summed E-state index contributed by atoms with van der Waals surface area (Å²) in [6.45, 7) is 4.34. The van der Waals surface area contributed by atoms with Gasteiger partial charge in [0.15, 0.2) is 5.96 Å². The van der Waals surface area contributed by atoms with Gasteiger partial charge in [-0.2, -0.15) is 11.8 Å². The number of guanidine groups is 1. The molecule has 4 nitrogen and oxygen atoms in total. The number of nitrogens with zero attached hydrogens (tertiary/aromatic N) is 1. The van der Waals surface area contributed by atoms with Gasteiger partial charge in [-0.05, 0) is 30.6 Å². The summed E-state index contributed by atoms with van der Waals surface area (Å²) in [4.78, 5) is 4.31. The van der Waals surface area contributed by atoms with Crippen LogP contribution in [0.1, 0.15) is 31.7 Å². The van der Waals surface area contributed by atoms with Gasteiger partial charge in [0.2, 0.25) is 0 Å². The average molecular weight is 336 g/mol. The molecule has 0 aromatic heterocycles. The lowest BCUT2D eigenvalue weighted by Gasteiger charge is -2.17. The molecule has 0 saturated heterocycles. The number of rotatable bonds is 8. The first-order valence-electron chi connectivity index (χ1n) is 8.52. The molecule has 0 aliphatic heterocycles.